The maximum Gasteiger partial charge on any atom is 0.335 e. The number of rotatable bonds is 3. The molecule has 3 rings (SSSR count). The molecule has 0 spiro atoms. The van der Waals surface area contributed by atoms with Crippen LogP contribution in [0.3, 0.4) is 0 Å². The van der Waals surface area contributed by atoms with Crippen molar-refractivity contribution in [3.8, 4) is 0 Å². The second-order valence-electron chi connectivity index (χ2n) is 5.44. The molecular formula is C17H15NO5S. The van der Waals surface area contributed by atoms with Crippen LogP contribution in [0.5, 0.6) is 0 Å². The zero-order chi connectivity index (χ0) is 17.5. The van der Waals surface area contributed by atoms with Crippen molar-refractivity contribution in [3.05, 3.63) is 53.6 Å². The van der Waals surface area contributed by atoms with Crippen LogP contribution in [-0.2, 0) is 9.84 Å². The highest BCUT2D eigenvalue weighted by Crippen LogP contribution is 2.37. The number of aromatic carboxylic acids is 1. The molecule has 6 nitrogen and oxygen atoms in total. The number of fused-ring (bicyclic) bond motifs is 2. The predicted molar refractivity (Wildman–Crippen MR) is 87.3 cm³/mol. The molecule has 24 heavy (non-hydrogen) atoms. The normalized spacial score (nSPS) is 15.4. The lowest BCUT2D eigenvalue weighted by molar-refractivity contribution is 0.0696. The molecule has 0 aliphatic carbocycles. The number of carbonyl (C=O) groups is 2. The van der Waals surface area contributed by atoms with Crippen molar-refractivity contribution in [1.82, 2.24) is 0 Å². The van der Waals surface area contributed by atoms with Crippen LogP contribution in [0.1, 0.15) is 34.1 Å². The van der Waals surface area contributed by atoms with Gasteiger partial charge in [-0.25, -0.2) is 13.2 Å². The van der Waals surface area contributed by atoms with Gasteiger partial charge < -0.3 is 10.0 Å². The van der Waals surface area contributed by atoms with Gasteiger partial charge in [-0.2, -0.15) is 0 Å². The first-order valence-electron chi connectivity index (χ1n) is 7.41. The smallest absolute Gasteiger partial charge is 0.335 e. The van der Waals surface area contributed by atoms with E-state index in [1.54, 1.807) is 12.1 Å². The molecular weight excluding hydrogens is 330 g/mol. The van der Waals surface area contributed by atoms with Gasteiger partial charge in [-0.3, -0.25) is 4.79 Å². The van der Waals surface area contributed by atoms with Gasteiger partial charge in [0.25, 0.3) is 5.91 Å². The van der Waals surface area contributed by atoms with Crippen LogP contribution in [0.25, 0.3) is 0 Å². The fourth-order valence-electron chi connectivity index (χ4n) is 2.79. The number of carboxylic acid groups (broad SMARTS) is 1. The maximum absolute atomic E-state index is 13.0. The predicted octanol–water partition coefficient (Wildman–Crippen LogP) is 2.59. The minimum atomic E-state index is -3.92. The van der Waals surface area contributed by atoms with Crippen molar-refractivity contribution in [1.29, 1.82) is 0 Å². The molecule has 0 aromatic heterocycles. The van der Waals surface area contributed by atoms with Gasteiger partial charge in [0.2, 0.25) is 9.84 Å². The van der Waals surface area contributed by atoms with E-state index < -0.39 is 21.7 Å². The minimum Gasteiger partial charge on any atom is -0.478 e. The molecule has 1 amide bonds. The van der Waals surface area contributed by atoms with E-state index >= 15 is 0 Å². The summed E-state index contributed by atoms with van der Waals surface area (Å²) in [6, 6.07) is 9.77. The number of nitrogens with zero attached hydrogens (tertiary/aromatic N) is 1. The Morgan fingerprint density at radius 2 is 1.83 bits per heavy atom. The van der Waals surface area contributed by atoms with E-state index in [2.05, 4.69) is 0 Å². The fourth-order valence-corrected chi connectivity index (χ4v) is 4.42. The summed E-state index contributed by atoms with van der Waals surface area (Å²) in [5, 5.41) is 9.19. The number of anilines is 1. The molecule has 1 heterocycles. The van der Waals surface area contributed by atoms with Crippen LogP contribution >= 0.6 is 0 Å². The molecule has 1 aliphatic rings. The van der Waals surface area contributed by atoms with E-state index in [1.165, 1.54) is 35.2 Å². The molecule has 2 aromatic carbocycles. The molecule has 0 unspecified atom stereocenters. The van der Waals surface area contributed by atoms with Crippen LogP contribution in [0, 0.1) is 0 Å². The number of hydrogen-bond acceptors (Lipinski definition) is 4. The van der Waals surface area contributed by atoms with Crippen molar-refractivity contribution in [2.75, 3.05) is 11.4 Å². The van der Waals surface area contributed by atoms with Gasteiger partial charge in [-0.1, -0.05) is 19.1 Å². The molecule has 124 valence electrons. The van der Waals surface area contributed by atoms with Crippen LogP contribution < -0.4 is 4.90 Å². The maximum atomic E-state index is 13.0. The van der Waals surface area contributed by atoms with Crippen molar-refractivity contribution >= 4 is 27.4 Å². The molecule has 0 radical (unpaired) electrons. The first kappa shape index (κ1) is 16.2. The minimum absolute atomic E-state index is 0.0562. The highest BCUT2D eigenvalue weighted by Gasteiger charge is 2.35. The van der Waals surface area contributed by atoms with Crippen molar-refractivity contribution in [2.24, 2.45) is 0 Å². The Hall–Kier alpha value is -2.67. The van der Waals surface area contributed by atoms with Gasteiger partial charge in [0.15, 0.2) is 0 Å². The summed E-state index contributed by atoms with van der Waals surface area (Å²) < 4.78 is 25.9. The van der Waals surface area contributed by atoms with Crippen LogP contribution in [0.15, 0.2) is 52.3 Å². The SMILES string of the molecule is CCCN1C(=O)c2ccccc2S(=O)(=O)c2ccc(C(=O)O)cc21. The summed E-state index contributed by atoms with van der Waals surface area (Å²) in [7, 11) is -3.92. The Balaban J connectivity index is 2.38. The number of benzene rings is 2. The third-order valence-electron chi connectivity index (χ3n) is 3.89. The lowest BCUT2D eigenvalue weighted by Crippen LogP contribution is -2.31. The van der Waals surface area contributed by atoms with Crippen molar-refractivity contribution in [3.63, 3.8) is 0 Å². The van der Waals surface area contributed by atoms with Gasteiger partial charge in [0.1, 0.15) is 0 Å². The van der Waals surface area contributed by atoms with E-state index in [0.717, 1.165) is 0 Å². The Morgan fingerprint density at radius 1 is 1.12 bits per heavy atom. The van der Waals surface area contributed by atoms with Crippen LogP contribution in [0.4, 0.5) is 5.69 Å². The second-order valence-corrected chi connectivity index (χ2v) is 7.33. The third kappa shape index (κ3) is 2.37. The Labute approximate surface area is 139 Å². The first-order chi connectivity index (χ1) is 11.4. The highest BCUT2D eigenvalue weighted by atomic mass is 32.2. The molecule has 1 N–H and O–H groups in total. The number of carbonyl (C=O) groups excluding carboxylic acids is 1. The highest BCUT2D eigenvalue weighted by molar-refractivity contribution is 7.91. The summed E-state index contributed by atoms with van der Waals surface area (Å²) in [6.07, 6.45) is 0.602. The molecule has 7 heteroatoms. The van der Waals surface area contributed by atoms with Crippen LogP contribution in [0.2, 0.25) is 0 Å². The van der Waals surface area contributed by atoms with E-state index in [1.807, 2.05) is 6.92 Å². The summed E-state index contributed by atoms with van der Waals surface area (Å²) >= 11 is 0. The zero-order valence-electron chi connectivity index (χ0n) is 12.9. The Kier molecular flexibility index (Phi) is 3.88. The van der Waals surface area contributed by atoms with E-state index in [0.29, 0.717) is 13.0 Å². The molecule has 1 aliphatic heterocycles. The lowest BCUT2D eigenvalue weighted by atomic mass is 10.1. The number of amides is 1. The number of hydrogen-bond donors (Lipinski definition) is 1. The summed E-state index contributed by atoms with van der Waals surface area (Å²) in [5.74, 6) is -1.63. The van der Waals surface area contributed by atoms with Gasteiger partial charge in [-0.05, 0) is 36.8 Å². The van der Waals surface area contributed by atoms with Crippen molar-refractivity contribution in [2.45, 2.75) is 23.1 Å². The molecule has 0 saturated carbocycles. The topological polar surface area (TPSA) is 91.8 Å². The quantitative estimate of drug-likeness (QED) is 0.923. The van der Waals surface area contributed by atoms with Gasteiger partial charge >= 0.3 is 5.97 Å². The largest absolute Gasteiger partial charge is 0.478 e. The standard InChI is InChI=1S/C17H15NO5S/c1-2-9-18-13-10-11(17(20)21)7-8-15(13)24(22,23)14-6-4-3-5-12(14)16(18)19/h3-8,10H,2,9H2,1H3,(H,20,21). The second kappa shape index (κ2) is 5.76. The average Bonchev–Trinajstić information content (AvgIpc) is 2.64. The monoisotopic (exact) mass is 345 g/mol. The number of sulfone groups is 1. The third-order valence-corrected chi connectivity index (χ3v) is 5.74. The molecule has 2 aromatic rings. The zero-order valence-corrected chi connectivity index (χ0v) is 13.7. The molecule has 0 fully saturated rings. The fraction of sp³-hybridized carbons (Fsp3) is 0.176. The summed E-state index contributed by atoms with van der Waals surface area (Å²) in [5.41, 5.74) is 0.140. The van der Waals surface area contributed by atoms with Gasteiger partial charge in [0.05, 0.1) is 26.6 Å². The molecule has 0 atom stereocenters. The number of carboxylic acids is 1. The Bertz CT molecular complexity index is 949. The molecule has 0 saturated heterocycles. The Morgan fingerprint density at radius 3 is 2.50 bits per heavy atom. The van der Waals surface area contributed by atoms with Gasteiger partial charge in [0, 0.05) is 6.54 Å². The first-order valence-corrected chi connectivity index (χ1v) is 8.89. The summed E-state index contributed by atoms with van der Waals surface area (Å²) in [6.45, 7) is 2.15. The van der Waals surface area contributed by atoms with Crippen LogP contribution in [-0.4, -0.2) is 31.9 Å². The average molecular weight is 345 g/mol. The van der Waals surface area contributed by atoms with E-state index in [9.17, 15) is 23.1 Å². The van der Waals surface area contributed by atoms with Crippen molar-refractivity contribution < 1.29 is 23.1 Å². The molecule has 0 bridgehead atoms. The summed E-state index contributed by atoms with van der Waals surface area (Å²) in [4.78, 5) is 25.3. The van der Waals surface area contributed by atoms with Gasteiger partial charge in [-0.15, -0.1) is 0 Å². The van der Waals surface area contributed by atoms with E-state index in [4.69, 9.17) is 0 Å². The van der Waals surface area contributed by atoms with E-state index in [-0.39, 0.29) is 26.6 Å². The lowest BCUT2D eigenvalue weighted by Gasteiger charge is -2.22.